The van der Waals surface area contributed by atoms with Crippen LogP contribution in [0.5, 0.6) is 5.75 Å². The Kier molecular flexibility index (Phi) is 5.71. The molecule has 1 aliphatic rings. The maximum atomic E-state index is 12.5. The van der Waals surface area contributed by atoms with Crippen molar-refractivity contribution in [2.45, 2.75) is 37.6 Å². The molecule has 1 heterocycles. The zero-order valence-corrected chi connectivity index (χ0v) is 15.0. The molecule has 1 aliphatic heterocycles. The van der Waals surface area contributed by atoms with E-state index in [1.165, 1.54) is 12.1 Å². The second kappa shape index (κ2) is 7.40. The van der Waals surface area contributed by atoms with Gasteiger partial charge in [-0.25, -0.2) is 8.42 Å². The average molecular weight is 375 g/mol. The molecule has 1 aromatic rings. The molecule has 0 aliphatic carbocycles. The van der Waals surface area contributed by atoms with Crippen molar-refractivity contribution in [2.24, 2.45) is 0 Å². The maximum absolute atomic E-state index is 12.5. The topological polar surface area (TPSA) is 102 Å². The lowest BCUT2D eigenvalue weighted by Gasteiger charge is -2.19. The first-order valence-electron chi connectivity index (χ1n) is 7.51. The number of benzene rings is 1. The monoisotopic (exact) mass is 374 g/mol. The number of rotatable bonds is 6. The number of hydrogen-bond donors (Lipinski definition) is 2. The van der Waals surface area contributed by atoms with Crippen LogP contribution in [0.1, 0.15) is 26.7 Å². The lowest BCUT2D eigenvalue weighted by atomic mass is 10.2. The van der Waals surface area contributed by atoms with Crippen LogP contribution in [-0.2, 0) is 19.4 Å². The van der Waals surface area contributed by atoms with Crippen LogP contribution in [0.2, 0.25) is 5.02 Å². The number of halogens is 1. The van der Waals surface area contributed by atoms with E-state index in [2.05, 4.69) is 10.6 Å². The minimum absolute atomic E-state index is 0.00968. The molecule has 7 nitrogen and oxygen atoms in total. The summed E-state index contributed by atoms with van der Waals surface area (Å²) in [5, 5.41) is 5.24. The molecule has 0 radical (unpaired) electrons. The Morgan fingerprint density at radius 2 is 2.17 bits per heavy atom. The molecule has 0 saturated heterocycles. The first-order valence-corrected chi connectivity index (χ1v) is 9.54. The Balaban J connectivity index is 2.15. The van der Waals surface area contributed by atoms with Crippen LogP contribution in [0, 0.1) is 0 Å². The van der Waals surface area contributed by atoms with Crippen LogP contribution in [0.15, 0.2) is 17.0 Å². The fourth-order valence-corrected chi connectivity index (χ4v) is 3.94. The van der Waals surface area contributed by atoms with Gasteiger partial charge in [0.25, 0.3) is 5.91 Å². The molecule has 2 N–H and O–H groups in total. The van der Waals surface area contributed by atoms with Gasteiger partial charge in [-0.3, -0.25) is 9.59 Å². The van der Waals surface area contributed by atoms with Crippen LogP contribution in [-0.4, -0.2) is 38.6 Å². The van der Waals surface area contributed by atoms with Gasteiger partial charge in [0, 0.05) is 18.5 Å². The van der Waals surface area contributed by atoms with E-state index in [4.69, 9.17) is 16.3 Å². The summed E-state index contributed by atoms with van der Waals surface area (Å²) >= 11 is 6.03. The molecule has 0 saturated carbocycles. The Hall–Kier alpha value is -1.80. The van der Waals surface area contributed by atoms with E-state index in [1.807, 2.05) is 13.8 Å². The van der Waals surface area contributed by atoms with E-state index in [0.29, 0.717) is 5.69 Å². The lowest BCUT2D eigenvalue weighted by molar-refractivity contribution is -0.121. The molecular weight excluding hydrogens is 356 g/mol. The summed E-state index contributed by atoms with van der Waals surface area (Å²) in [4.78, 5) is 22.9. The zero-order chi connectivity index (χ0) is 17.9. The summed E-state index contributed by atoms with van der Waals surface area (Å²) in [7, 11) is -3.76. The van der Waals surface area contributed by atoms with Crippen LogP contribution in [0.25, 0.3) is 0 Å². The van der Waals surface area contributed by atoms with Crippen molar-refractivity contribution in [3.05, 3.63) is 17.2 Å². The number of ether oxygens (including phenoxy) is 1. The Morgan fingerprint density at radius 3 is 2.83 bits per heavy atom. The van der Waals surface area contributed by atoms with Crippen molar-refractivity contribution in [3.8, 4) is 5.75 Å². The largest absolute Gasteiger partial charge is 0.482 e. The highest BCUT2D eigenvalue weighted by molar-refractivity contribution is 7.91. The van der Waals surface area contributed by atoms with Gasteiger partial charge in [-0.1, -0.05) is 18.5 Å². The highest BCUT2D eigenvalue weighted by Gasteiger charge is 2.25. The number of hydrogen-bond acceptors (Lipinski definition) is 5. The van der Waals surface area contributed by atoms with Gasteiger partial charge in [0.15, 0.2) is 16.4 Å². The number of anilines is 1. The van der Waals surface area contributed by atoms with Crippen LogP contribution < -0.4 is 15.4 Å². The molecule has 1 aromatic carbocycles. The predicted molar refractivity (Wildman–Crippen MR) is 90.1 cm³/mol. The SMILES string of the molecule is CCC(C)NC(=O)CCS(=O)(=O)c1cc2c(cc1Cl)NC(=O)CO2. The third-order valence-electron chi connectivity index (χ3n) is 3.62. The first kappa shape index (κ1) is 18.5. The summed E-state index contributed by atoms with van der Waals surface area (Å²) in [5.74, 6) is -0.789. The van der Waals surface area contributed by atoms with E-state index in [0.717, 1.165) is 6.42 Å². The van der Waals surface area contributed by atoms with Gasteiger partial charge >= 0.3 is 0 Å². The van der Waals surface area contributed by atoms with Crippen molar-refractivity contribution in [3.63, 3.8) is 0 Å². The van der Waals surface area contributed by atoms with E-state index < -0.39 is 9.84 Å². The second-order valence-corrected chi connectivity index (χ2v) is 8.05. The van der Waals surface area contributed by atoms with Crippen molar-refractivity contribution >= 4 is 38.9 Å². The normalized spacial score (nSPS) is 15.0. The lowest BCUT2D eigenvalue weighted by Crippen LogP contribution is -2.33. The van der Waals surface area contributed by atoms with Crippen molar-refractivity contribution in [2.75, 3.05) is 17.7 Å². The molecule has 0 spiro atoms. The molecule has 132 valence electrons. The summed E-state index contributed by atoms with van der Waals surface area (Å²) in [6.45, 7) is 3.58. The predicted octanol–water partition coefficient (Wildman–Crippen LogP) is 1.75. The quantitative estimate of drug-likeness (QED) is 0.789. The number of fused-ring (bicyclic) bond motifs is 1. The molecule has 1 atom stereocenters. The maximum Gasteiger partial charge on any atom is 0.262 e. The molecule has 2 rings (SSSR count). The molecular formula is C15H19ClN2O5S. The van der Waals surface area contributed by atoms with Gasteiger partial charge in [-0.2, -0.15) is 0 Å². The number of carbonyl (C=O) groups is 2. The van der Waals surface area contributed by atoms with Gasteiger partial charge < -0.3 is 15.4 Å². The zero-order valence-electron chi connectivity index (χ0n) is 13.4. The van der Waals surface area contributed by atoms with E-state index in [1.54, 1.807) is 0 Å². The number of amides is 2. The molecule has 9 heteroatoms. The van der Waals surface area contributed by atoms with Crippen molar-refractivity contribution in [1.29, 1.82) is 0 Å². The summed E-state index contributed by atoms with van der Waals surface area (Å²) in [6, 6.07) is 2.60. The Labute approximate surface area is 145 Å². The third kappa shape index (κ3) is 4.39. The number of sulfone groups is 1. The summed E-state index contributed by atoms with van der Waals surface area (Å²) < 4.78 is 30.1. The minimum Gasteiger partial charge on any atom is -0.482 e. The van der Waals surface area contributed by atoms with Crippen LogP contribution in [0.4, 0.5) is 5.69 Å². The minimum atomic E-state index is -3.76. The van der Waals surface area contributed by atoms with Crippen LogP contribution in [0.3, 0.4) is 0 Å². The molecule has 2 amide bonds. The number of nitrogens with one attached hydrogen (secondary N) is 2. The van der Waals surface area contributed by atoms with Gasteiger partial charge in [0.2, 0.25) is 5.91 Å². The fourth-order valence-electron chi connectivity index (χ4n) is 2.11. The summed E-state index contributed by atoms with van der Waals surface area (Å²) in [5.41, 5.74) is 0.324. The molecule has 0 fully saturated rings. The van der Waals surface area contributed by atoms with Gasteiger partial charge in [0.05, 0.1) is 21.4 Å². The molecule has 0 bridgehead atoms. The second-order valence-electron chi connectivity index (χ2n) is 5.56. The average Bonchev–Trinajstić information content (AvgIpc) is 2.52. The third-order valence-corrected chi connectivity index (χ3v) is 5.79. The van der Waals surface area contributed by atoms with Crippen LogP contribution >= 0.6 is 11.6 Å². The molecule has 1 unspecified atom stereocenters. The standard InChI is InChI=1S/C15H19ClN2O5S/c1-3-9(2)17-14(19)4-5-24(21,22)13-7-12-11(6-10(13)16)18-15(20)8-23-12/h6-7,9H,3-5,8H2,1-2H3,(H,17,19)(H,18,20). The van der Waals surface area contributed by atoms with E-state index in [-0.39, 0.29) is 52.3 Å². The van der Waals surface area contributed by atoms with Crippen molar-refractivity contribution < 1.29 is 22.7 Å². The molecule has 0 aromatic heterocycles. The van der Waals surface area contributed by atoms with Crippen molar-refractivity contribution in [1.82, 2.24) is 5.32 Å². The van der Waals surface area contributed by atoms with E-state index in [9.17, 15) is 18.0 Å². The number of carbonyl (C=O) groups excluding carboxylic acids is 2. The van der Waals surface area contributed by atoms with Gasteiger partial charge in [-0.15, -0.1) is 0 Å². The summed E-state index contributed by atoms with van der Waals surface area (Å²) in [6.07, 6.45) is 0.607. The van der Waals surface area contributed by atoms with Gasteiger partial charge in [0.1, 0.15) is 5.75 Å². The first-order chi connectivity index (χ1) is 11.2. The van der Waals surface area contributed by atoms with Gasteiger partial charge in [-0.05, 0) is 19.4 Å². The Morgan fingerprint density at radius 1 is 1.46 bits per heavy atom. The Bertz CT molecular complexity index is 763. The molecule has 24 heavy (non-hydrogen) atoms. The highest BCUT2D eigenvalue weighted by atomic mass is 35.5. The highest BCUT2D eigenvalue weighted by Crippen LogP contribution is 2.36. The smallest absolute Gasteiger partial charge is 0.262 e. The van der Waals surface area contributed by atoms with E-state index >= 15 is 0 Å². The fraction of sp³-hybridized carbons (Fsp3) is 0.467.